The molecule has 0 spiro atoms. The van der Waals surface area contributed by atoms with E-state index < -0.39 is 5.97 Å². The van der Waals surface area contributed by atoms with E-state index in [1.165, 1.54) is 6.08 Å². The van der Waals surface area contributed by atoms with Gasteiger partial charge in [0.1, 0.15) is 5.75 Å². The van der Waals surface area contributed by atoms with E-state index in [0.717, 1.165) is 39.5 Å². The highest BCUT2D eigenvalue weighted by Gasteiger charge is 2.25. The maximum atomic E-state index is 12.6. The van der Waals surface area contributed by atoms with Gasteiger partial charge in [0.2, 0.25) is 0 Å². The SMILES string of the molecule is COc1cccc(/C=C/C(=O)OCC(=O)N2CCc3cc(-c4csc(C)n4)ccc32)c1. The van der Waals surface area contributed by atoms with Gasteiger partial charge in [0.25, 0.3) is 5.91 Å². The average Bonchev–Trinajstić information content (AvgIpc) is 3.42. The van der Waals surface area contributed by atoms with Gasteiger partial charge in [0.05, 0.1) is 17.8 Å². The first kappa shape index (κ1) is 20.8. The fourth-order valence-electron chi connectivity index (χ4n) is 3.48. The van der Waals surface area contributed by atoms with Gasteiger partial charge in [-0.25, -0.2) is 9.78 Å². The van der Waals surface area contributed by atoms with Crippen LogP contribution in [0.2, 0.25) is 0 Å². The lowest BCUT2D eigenvalue weighted by Gasteiger charge is -2.17. The molecule has 0 N–H and O–H groups in total. The molecule has 1 aliphatic rings. The highest BCUT2D eigenvalue weighted by molar-refractivity contribution is 7.09. The number of benzene rings is 2. The molecule has 0 aliphatic carbocycles. The first-order valence-electron chi connectivity index (χ1n) is 9.88. The molecule has 7 heteroatoms. The summed E-state index contributed by atoms with van der Waals surface area (Å²) in [5, 5.41) is 3.06. The Morgan fingerprint density at radius 3 is 2.87 bits per heavy atom. The number of fused-ring (bicyclic) bond motifs is 1. The van der Waals surface area contributed by atoms with Crippen LogP contribution in [0.1, 0.15) is 16.1 Å². The number of carbonyl (C=O) groups is 2. The van der Waals surface area contributed by atoms with Crippen molar-refractivity contribution in [2.24, 2.45) is 0 Å². The highest BCUT2D eigenvalue weighted by Crippen LogP contribution is 2.32. The zero-order valence-corrected chi connectivity index (χ0v) is 18.1. The average molecular weight is 435 g/mol. The first-order chi connectivity index (χ1) is 15.0. The summed E-state index contributed by atoms with van der Waals surface area (Å²) in [4.78, 5) is 30.8. The van der Waals surface area contributed by atoms with Crippen LogP contribution < -0.4 is 9.64 Å². The van der Waals surface area contributed by atoms with Crippen LogP contribution in [0.3, 0.4) is 0 Å². The molecule has 158 valence electrons. The number of hydrogen-bond donors (Lipinski definition) is 0. The molecule has 0 fully saturated rings. The molecule has 1 aliphatic heterocycles. The number of ether oxygens (including phenoxy) is 2. The standard InChI is InChI=1S/C24H22N2O4S/c1-16-25-21(15-31-16)18-7-8-22-19(13-18)10-11-26(22)23(27)14-30-24(28)9-6-17-4-3-5-20(12-17)29-2/h3-9,12-13,15H,10-11,14H2,1-2H3/b9-6+. The quantitative estimate of drug-likeness (QED) is 0.428. The van der Waals surface area contributed by atoms with E-state index in [-0.39, 0.29) is 12.5 Å². The number of aryl methyl sites for hydroxylation is 1. The molecule has 6 nitrogen and oxygen atoms in total. The van der Waals surface area contributed by atoms with Crippen molar-refractivity contribution < 1.29 is 19.1 Å². The second-order valence-electron chi connectivity index (χ2n) is 7.11. The monoisotopic (exact) mass is 434 g/mol. The van der Waals surface area contributed by atoms with Crippen LogP contribution in [0.15, 0.2) is 53.9 Å². The highest BCUT2D eigenvalue weighted by atomic mass is 32.1. The fraction of sp³-hybridized carbons (Fsp3) is 0.208. The van der Waals surface area contributed by atoms with Gasteiger partial charge in [0, 0.05) is 29.3 Å². The molecule has 3 aromatic rings. The molecule has 1 amide bonds. The summed E-state index contributed by atoms with van der Waals surface area (Å²) in [7, 11) is 1.58. The second kappa shape index (κ2) is 9.14. The summed E-state index contributed by atoms with van der Waals surface area (Å²) in [6.45, 7) is 2.26. The first-order valence-corrected chi connectivity index (χ1v) is 10.8. The van der Waals surface area contributed by atoms with Crippen molar-refractivity contribution in [1.82, 2.24) is 4.98 Å². The van der Waals surface area contributed by atoms with Crippen molar-refractivity contribution >= 4 is 35.0 Å². The van der Waals surface area contributed by atoms with Crippen molar-refractivity contribution in [1.29, 1.82) is 0 Å². The molecule has 0 bridgehead atoms. The van der Waals surface area contributed by atoms with Crippen LogP contribution in [-0.2, 0) is 20.7 Å². The Morgan fingerprint density at radius 1 is 1.23 bits per heavy atom. The Bertz CT molecular complexity index is 1150. The normalized spacial score (nSPS) is 12.8. The second-order valence-corrected chi connectivity index (χ2v) is 8.17. The number of esters is 1. The van der Waals surface area contributed by atoms with Crippen LogP contribution in [0.5, 0.6) is 5.75 Å². The zero-order valence-electron chi connectivity index (χ0n) is 17.3. The summed E-state index contributed by atoms with van der Waals surface area (Å²) in [6, 6.07) is 13.3. The number of aromatic nitrogens is 1. The van der Waals surface area contributed by atoms with E-state index in [1.54, 1.807) is 35.5 Å². The van der Waals surface area contributed by atoms with Crippen molar-refractivity contribution in [2.75, 3.05) is 25.2 Å². The zero-order chi connectivity index (χ0) is 21.8. The number of rotatable bonds is 6. The number of anilines is 1. The molecule has 0 saturated heterocycles. The molecule has 4 rings (SSSR count). The minimum atomic E-state index is -0.565. The van der Waals surface area contributed by atoms with Gasteiger partial charge >= 0.3 is 5.97 Å². The minimum Gasteiger partial charge on any atom is -0.497 e. The lowest BCUT2D eigenvalue weighted by atomic mass is 10.1. The van der Waals surface area contributed by atoms with E-state index >= 15 is 0 Å². The van der Waals surface area contributed by atoms with Gasteiger partial charge in [-0.05, 0) is 54.8 Å². The van der Waals surface area contributed by atoms with Crippen LogP contribution in [0.25, 0.3) is 17.3 Å². The molecule has 0 radical (unpaired) electrons. The largest absolute Gasteiger partial charge is 0.497 e. The molecule has 0 saturated carbocycles. The van der Waals surface area contributed by atoms with E-state index in [1.807, 2.05) is 42.6 Å². The maximum absolute atomic E-state index is 12.6. The van der Waals surface area contributed by atoms with E-state index in [2.05, 4.69) is 11.1 Å². The molecule has 2 heterocycles. The number of methoxy groups -OCH3 is 1. The van der Waals surface area contributed by atoms with Gasteiger partial charge in [-0.15, -0.1) is 11.3 Å². The molecule has 0 atom stereocenters. The van der Waals surface area contributed by atoms with Gasteiger partial charge in [-0.2, -0.15) is 0 Å². The Labute approximate surface area is 184 Å². The lowest BCUT2D eigenvalue weighted by molar-refractivity contribution is -0.142. The van der Waals surface area contributed by atoms with E-state index in [9.17, 15) is 9.59 Å². The third kappa shape index (κ3) is 4.83. The predicted molar refractivity (Wildman–Crippen MR) is 121 cm³/mol. The van der Waals surface area contributed by atoms with Crippen molar-refractivity contribution in [2.45, 2.75) is 13.3 Å². The smallest absolute Gasteiger partial charge is 0.331 e. The van der Waals surface area contributed by atoms with Crippen LogP contribution >= 0.6 is 11.3 Å². The Morgan fingerprint density at radius 2 is 2.10 bits per heavy atom. The number of hydrogen-bond acceptors (Lipinski definition) is 6. The van der Waals surface area contributed by atoms with Crippen LogP contribution in [-0.4, -0.2) is 37.1 Å². The number of thiazole rings is 1. The third-order valence-electron chi connectivity index (χ3n) is 5.03. The van der Waals surface area contributed by atoms with Gasteiger partial charge < -0.3 is 14.4 Å². The number of nitrogens with zero attached hydrogens (tertiary/aromatic N) is 2. The summed E-state index contributed by atoms with van der Waals surface area (Å²) in [5.41, 5.74) is 4.77. The lowest BCUT2D eigenvalue weighted by Crippen LogP contribution is -2.33. The molecule has 1 aromatic heterocycles. The maximum Gasteiger partial charge on any atom is 0.331 e. The fourth-order valence-corrected chi connectivity index (χ4v) is 4.11. The Balaban J connectivity index is 1.35. The predicted octanol–water partition coefficient (Wildman–Crippen LogP) is 4.27. The van der Waals surface area contributed by atoms with Gasteiger partial charge in [0.15, 0.2) is 6.61 Å². The summed E-state index contributed by atoms with van der Waals surface area (Å²) >= 11 is 1.62. The molecule has 31 heavy (non-hydrogen) atoms. The Kier molecular flexibility index (Phi) is 6.13. The summed E-state index contributed by atoms with van der Waals surface area (Å²) in [6.07, 6.45) is 3.70. The summed E-state index contributed by atoms with van der Waals surface area (Å²) in [5.74, 6) is -0.101. The number of amides is 1. The molecule has 0 unspecified atom stereocenters. The topological polar surface area (TPSA) is 68.7 Å². The third-order valence-corrected chi connectivity index (χ3v) is 5.81. The van der Waals surface area contributed by atoms with Crippen LogP contribution in [0, 0.1) is 6.92 Å². The van der Waals surface area contributed by atoms with E-state index in [4.69, 9.17) is 9.47 Å². The van der Waals surface area contributed by atoms with Crippen molar-refractivity contribution in [3.05, 3.63) is 70.1 Å². The molecule has 2 aromatic carbocycles. The number of carbonyl (C=O) groups excluding carboxylic acids is 2. The van der Waals surface area contributed by atoms with Crippen molar-refractivity contribution in [3.8, 4) is 17.0 Å². The molecular weight excluding hydrogens is 412 g/mol. The van der Waals surface area contributed by atoms with E-state index in [0.29, 0.717) is 12.3 Å². The van der Waals surface area contributed by atoms with Crippen LogP contribution in [0.4, 0.5) is 5.69 Å². The Hall–Kier alpha value is -3.45. The van der Waals surface area contributed by atoms with Crippen molar-refractivity contribution in [3.63, 3.8) is 0 Å². The summed E-state index contributed by atoms with van der Waals surface area (Å²) < 4.78 is 10.3. The van der Waals surface area contributed by atoms with Gasteiger partial charge in [-0.3, -0.25) is 4.79 Å². The minimum absolute atomic E-state index is 0.237. The molecular formula is C24H22N2O4S. The van der Waals surface area contributed by atoms with Gasteiger partial charge in [-0.1, -0.05) is 18.2 Å².